The Morgan fingerprint density at radius 3 is 2.37 bits per heavy atom. The van der Waals surface area contributed by atoms with E-state index in [4.69, 9.17) is 18.9 Å². The van der Waals surface area contributed by atoms with E-state index in [1.165, 1.54) is 23.6 Å². The van der Waals surface area contributed by atoms with Crippen LogP contribution in [0.5, 0.6) is 23.0 Å². The highest BCUT2D eigenvalue weighted by atomic mass is 32.2. The molecule has 1 N–H and O–H groups in total. The van der Waals surface area contributed by atoms with Crippen molar-refractivity contribution < 1.29 is 23.7 Å². The number of carbonyl (C=O) groups is 1. The SMILES string of the molecule is COc1ccc(NC(=O)CSc2nnnn2-c2cc(OC)ccc2OC)c(OC)c1. The predicted octanol–water partition coefficient (Wildman–Crippen LogP) is 2.43. The zero-order chi connectivity index (χ0) is 21.5. The second kappa shape index (κ2) is 9.83. The minimum absolute atomic E-state index is 0.0852. The Labute approximate surface area is 177 Å². The molecule has 0 aliphatic carbocycles. The van der Waals surface area contributed by atoms with Gasteiger partial charge in [0.15, 0.2) is 0 Å². The van der Waals surface area contributed by atoms with E-state index in [2.05, 4.69) is 20.8 Å². The number of thioether (sulfide) groups is 1. The number of anilines is 1. The van der Waals surface area contributed by atoms with Crippen LogP contribution in [0, 0.1) is 0 Å². The standard InChI is InChI=1S/C19H21N5O5S/c1-26-12-6-8-16(28-3)15(9-12)24-19(21-22-23-24)30-11-18(25)20-14-7-5-13(27-2)10-17(14)29-4/h5-10H,11H2,1-4H3,(H,20,25). The summed E-state index contributed by atoms with van der Waals surface area (Å²) in [6, 6.07) is 10.4. The third-order valence-electron chi connectivity index (χ3n) is 4.07. The lowest BCUT2D eigenvalue weighted by atomic mass is 10.2. The normalized spacial score (nSPS) is 10.4. The third kappa shape index (κ3) is 4.74. The Balaban J connectivity index is 1.73. The number of rotatable bonds is 9. The Kier molecular flexibility index (Phi) is 6.96. The van der Waals surface area contributed by atoms with Gasteiger partial charge in [-0.05, 0) is 34.7 Å². The van der Waals surface area contributed by atoms with E-state index in [-0.39, 0.29) is 11.7 Å². The number of tetrazole rings is 1. The van der Waals surface area contributed by atoms with Crippen molar-refractivity contribution in [1.82, 2.24) is 20.2 Å². The zero-order valence-electron chi connectivity index (χ0n) is 16.9. The van der Waals surface area contributed by atoms with Crippen molar-refractivity contribution in [3.8, 4) is 28.7 Å². The summed E-state index contributed by atoms with van der Waals surface area (Å²) < 4.78 is 22.6. The summed E-state index contributed by atoms with van der Waals surface area (Å²) in [6.45, 7) is 0. The van der Waals surface area contributed by atoms with Gasteiger partial charge in [-0.25, -0.2) is 0 Å². The Bertz CT molecular complexity index is 1030. The van der Waals surface area contributed by atoms with Crippen molar-refractivity contribution >= 4 is 23.4 Å². The molecule has 0 radical (unpaired) electrons. The molecule has 1 heterocycles. The van der Waals surface area contributed by atoms with Crippen LogP contribution in [0.2, 0.25) is 0 Å². The molecule has 0 atom stereocenters. The maximum atomic E-state index is 12.5. The van der Waals surface area contributed by atoms with Gasteiger partial charge >= 0.3 is 0 Å². The van der Waals surface area contributed by atoms with Gasteiger partial charge in [-0.1, -0.05) is 11.8 Å². The van der Waals surface area contributed by atoms with Gasteiger partial charge in [-0.2, -0.15) is 4.68 Å². The number of nitrogens with zero attached hydrogens (tertiary/aromatic N) is 4. The fourth-order valence-corrected chi connectivity index (χ4v) is 3.28. The molecule has 0 unspecified atom stereocenters. The summed E-state index contributed by atoms with van der Waals surface area (Å²) in [5.74, 6) is 2.17. The van der Waals surface area contributed by atoms with Gasteiger partial charge in [0.25, 0.3) is 0 Å². The lowest BCUT2D eigenvalue weighted by Gasteiger charge is -2.12. The molecule has 0 saturated heterocycles. The fraction of sp³-hybridized carbons (Fsp3) is 0.263. The molecule has 0 aliphatic rings. The molecule has 2 aromatic carbocycles. The predicted molar refractivity (Wildman–Crippen MR) is 111 cm³/mol. The summed E-state index contributed by atoms with van der Waals surface area (Å²) >= 11 is 1.18. The summed E-state index contributed by atoms with van der Waals surface area (Å²) in [5.41, 5.74) is 1.14. The van der Waals surface area contributed by atoms with E-state index in [0.29, 0.717) is 39.5 Å². The average molecular weight is 431 g/mol. The van der Waals surface area contributed by atoms with Gasteiger partial charge in [0.1, 0.15) is 28.7 Å². The first kappa shape index (κ1) is 21.2. The lowest BCUT2D eigenvalue weighted by molar-refractivity contribution is -0.113. The molecule has 0 spiro atoms. The molecule has 3 aromatic rings. The molecule has 158 valence electrons. The van der Waals surface area contributed by atoms with Gasteiger partial charge < -0.3 is 24.3 Å². The lowest BCUT2D eigenvalue weighted by Crippen LogP contribution is -2.15. The number of amides is 1. The van der Waals surface area contributed by atoms with Gasteiger partial charge in [0, 0.05) is 12.1 Å². The van der Waals surface area contributed by atoms with Crippen molar-refractivity contribution in [3.63, 3.8) is 0 Å². The fourth-order valence-electron chi connectivity index (χ4n) is 2.60. The number of benzene rings is 2. The quantitative estimate of drug-likeness (QED) is 0.511. The molecular formula is C19H21N5O5S. The van der Waals surface area contributed by atoms with Crippen LogP contribution >= 0.6 is 11.8 Å². The van der Waals surface area contributed by atoms with Crippen molar-refractivity contribution in [1.29, 1.82) is 0 Å². The maximum Gasteiger partial charge on any atom is 0.234 e. The molecule has 10 nitrogen and oxygen atoms in total. The molecule has 0 bridgehead atoms. The van der Waals surface area contributed by atoms with Crippen LogP contribution in [0.1, 0.15) is 0 Å². The first-order chi connectivity index (χ1) is 14.6. The average Bonchev–Trinajstić information content (AvgIpc) is 3.25. The van der Waals surface area contributed by atoms with Crippen molar-refractivity contribution in [2.45, 2.75) is 5.16 Å². The van der Waals surface area contributed by atoms with Gasteiger partial charge in [-0.3, -0.25) is 4.79 Å². The molecule has 1 aromatic heterocycles. The van der Waals surface area contributed by atoms with Crippen LogP contribution in [0.15, 0.2) is 41.6 Å². The van der Waals surface area contributed by atoms with Crippen molar-refractivity contribution in [2.24, 2.45) is 0 Å². The number of carbonyl (C=O) groups excluding carboxylic acids is 1. The second-order valence-electron chi connectivity index (χ2n) is 5.81. The number of ether oxygens (including phenoxy) is 4. The first-order valence-electron chi connectivity index (χ1n) is 8.75. The van der Waals surface area contributed by atoms with E-state index in [1.54, 1.807) is 57.7 Å². The maximum absolute atomic E-state index is 12.5. The highest BCUT2D eigenvalue weighted by Crippen LogP contribution is 2.31. The van der Waals surface area contributed by atoms with E-state index in [1.807, 2.05) is 0 Å². The van der Waals surface area contributed by atoms with E-state index >= 15 is 0 Å². The van der Waals surface area contributed by atoms with E-state index in [0.717, 1.165) is 0 Å². The molecule has 0 fully saturated rings. The molecule has 0 aliphatic heterocycles. The van der Waals surface area contributed by atoms with E-state index < -0.39 is 0 Å². The number of hydrogen-bond donors (Lipinski definition) is 1. The summed E-state index contributed by atoms with van der Waals surface area (Å²) in [7, 11) is 6.21. The van der Waals surface area contributed by atoms with Crippen LogP contribution in [-0.2, 0) is 4.79 Å². The Morgan fingerprint density at radius 1 is 0.967 bits per heavy atom. The van der Waals surface area contributed by atoms with Crippen molar-refractivity contribution in [2.75, 3.05) is 39.5 Å². The minimum Gasteiger partial charge on any atom is -0.497 e. The Morgan fingerprint density at radius 2 is 1.67 bits per heavy atom. The van der Waals surface area contributed by atoms with Crippen molar-refractivity contribution in [3.05, 3.63) is 36.4 Å². The van der Waals surface area contributed by atoms with Gasteiger partial charge in [0.2, 0.25) is 11.1 Å². The highest BCUT2D eigenvalue weighted by Gasteiger charge is 2.17. The molecule has 1 amide bonds. The monoisotopic (exact) mass is 431 g/mol. The van der Waals surface area contributed by atoms with Crippen LogP contribution in [0.25, 0.3) is 5.69 Å². The van der Waals surface area contributed by atoms with Gasteiger partial charge in [-0.15, -0.1) is 5.10 Å². The molecule has 11 heteroatoms. The Hall–Kier alpha value is -3.47. The third-order valence-corrected chi connectivity index (χ3v) is 4.99. The number of hydrogen-bond acceptors (Lipinski definition) is 9. The van der Waals surface area contributed by atoms with E-state index in [9.17, 15) is 4.79 Å². The molecule has 0 saturated carbocycles. The summed E-state index contributed by atoms with van der Waals surface area (Å²) in [5, 5.41) is 15.0. The zero-order valence-corrected chi connectivity index (χ0v) is 17.7. The van der Waals surface area contributed by atoms with Crippen LogP contribution in [0.3, 0.4) is 0 Å². The molecule has 30 heavy (non-hydrogen) atoms. The summed E-state index contributed by atoms with van der Waals surface area (Å²) in [6.07, 6.45) is 0. The second-order valence-corrected chi connectivity index (χ2v) is 6.76. The number of methoxy groups -OCH3 is 4. The topological polar surface area (TPSA) is 110 Å². The first-order valence-corrected chi connectivity index (χ1v) is 9.73. The molecular weight excluding hydrogens is 410 g/mol. The van der Waals surface area contributed by atoms with Crippen LogP contribution in [0.4, 0.5) is 5.69 Å². The highest BCUT2D eigenvalue weighted by molar-refractivity contribution is 7.99. The molecule has 3 rings (SSSR count). The number of aromatic nitrogens is 4. The number of nitrogens with one attached hydrogen (secondary N) is 1. The largest absolute Gasteiger partial charge is 0.497 e. The van der Waals surface area contributed by atoms with Crippen LogP contribution in [-0.4, -0.2) is 60.3 Å². The van der Waals surface area contributed by atoms with Gasteiger partial charge in [0.05, 0.1) is 39.9 Å². The smallest absolute Gasteiger partial charge is 0.234 e. The van der Waals surface area contributed by atoms with Crippen LogP contribution < -0.4 is 24.3 Å². The minimum atomic E-state index is -0.240. The summed E-state index contributed by atoms with van der Waals surface area (Å²) in [4.78, 5) is 12.5.